The van der Waals surface area contributed by atoms with Gasteiger partial charge in [0.15, 0.2) is 6.10 Å². The van der Waals surface area contributed by atoms with E-state index in [-0.39, 0.29) is 11.8 Å². The number of aryl methyl sites for hydroxylation is 2. The monoisotopic (exact) mass is 392 g/mol. The van der Waals surface area contributed by atoms with E-state index in [1.165, 1.54) is 24.0 Å². The molecule has 2 aromatic rings. The summed E-state index contributed by atoms with van der Waals surface area (Å²) in [5.41, 5.74) is 3.77. The van der Waals surface area contributed by atoms with E-state index in [9.17, 15) is 9.59 Å². The van der Waals surface area contributed by atoms with Gasteiger partial charge in [-0.05, 0) is 80.8 Å². The molecule has 1 N–H and O–H groups in total. The van der Waals surface area contributed by atoms with Crippen molar-refractivity contribution in [3.8, 4) is 5.75 Å². The molecule has 0 spiro atoms. The molecule has 1 aliphatic heterocycles. The fraction of sp³-hybridized carbons (Fsp3) is 0.417. The van der Waals surface area contributed by atoms with Crippen LogP contribution in [0.1, 0.15) is 54.1 Å². The first-order chi connectivity index (χ1) is 14.1. The Labute approximate surface area is 172 Å². The molecule has 1 heterocycles. The number of benzene rings is 2. The van der Waals surface area contributed by atoms with E-state index in [1.807, 2.05) is 23.1 Å². The fourth-order valence-electron chi connectivity index (χ4n) is 4.14. The Balaban J connectivity index is 1.43. The Morgan fingerprint density at radius 1 is 0.966 bits per heavy atom. The summed E-state index contributed by atoms with van der Waals surface area (Å²) in [7, 11) is 0. The lowest BCUT2D eigenvalue weighted by atomic mass is 9.92. The number of para-hydroxylation sites is 1. The predicted molar refractivity (Wildman–Crippen MR) is 113 cm³/mol. The van der Waals surface area contributed by atoms with E-state index < -0.39 is 6.10 Å². The van der Waals surface area contributed by atoms with Crippen LogP contribution in [0.5, 0.6) is 5.75 Å². The molecule has 4 rings (SSSR count). The van der Waals surface area contributed by atoms with Crippen LogP contribution in [0.2, 0.25) is 0 Å². The van der Waals surface area contributed by atoms with Crippen molar-refractivity contribution in [2.75, 3.05) is 18.4 Å². The quantitative estimate of drug-likeness (QED) is 0.829. The Morgan fingerprint density at radius 2 is 1.69 bits per heavy atom. The Hall–Kier alpha value is -2.82. The molecule has 1 fully saturated rings. The molecular formula is C24H28N2O3. The second-order valence-electron chi connectivity index (χ2n) is 7.93. The Kier molecular flexibility index (Phi) is 5.84. The molecule has 0 radical (unpaired) electrons. The number of anilines is 1. The third-order valence-corrected chi connectivity index (χ3v) is 5.81. The molecule has 2 aromatic carbocycles. The zero-order chi connectivity index (χ0) is 20.2. The van der Waals surface area contributed by atoms with Crippen molar-refractivity contribution in [2.24, 2.45) is 0 Å². The lowest BCUT2D eigenvalue weighted by Crippen LogP contribution is -2.32. The first-order valence-corrected chi connectivity index (χ1v) is 10.6. The number of hydrogen-bond acceptors (Lipinski definition) is 3. The van der Waals surface area contributed by atoms with E-state index in [0.29, 0.717) is 11.3 Å². The van der Waals surface area contributed by atoms with Crippen molar-refractivity contribution >= 4 is 17.5 Å². The summed E-state index contributed by atoms with van der Waals surface area (Å²) in [5, 5.41) is 2.89. The summed E-state index contributed by atoms with van der Waals surface area (Å²) in [6.07, 6.45) is 6.03. The van der Waals surface area contributed by atoms with Gasteiger partial charge in [0.2, 0.25) is 0 Å². The maximum absolute atomic E-state index is 12.8. The molecule has 152 valence electrons. The van der Waals surface area contributed by atoms with Crippen LogP contribution < -0.4 is 10.1 Å². The van der Waals surface area contributed by atoms with E-state index in [0.717, 1.165) is 44.5 Å². The molecule has 2 amide bonds. The van der Waals surface area contributed by atoms with Crippen molar-refractivity contribution in [3.05, 3.63) is 59.2 Å². The summed E-state index contributed by atoms with van der Waals surface area (Å²) in [4.78, 5) is 27.4. The van der Waals surface area contributed by atoms with Gasteiger partial charge in [-0.15, -0.1) is 0 Å². The molecule has 5 heteroatoms. The lowest BCUT2D eigenvalue weighted by Gasteiger charge is -2.20. The van der Waals surface area contributed by atoms with Crippen LogP contribution in [0.4, 0.5) is 5.69 Å². The first kappa shape index (κ1) is 19.5. The second-order valence-corrected chi connectivity index (χ2v) is 7.93. The van der Waals surface area contributed by atoms with Gasteiger partial charge in [-0.1, -0.05) is 18.2 Å². The van der Waals surface area contributed by atoms with Crippen molar-refractivity contribution in [2.45, 2.75) is 51.6 Å². The van der Waals surface area contributed by atoms with E-state index in [2.05, 4.69) is 17.4 Å². The zero-order valence-corrected chi connectivity index (χ0v) is 16.9. The van der Waals surface area contributed by atoms with Gasteiger partial charge in [-0.25, -0.2) is 0 Å². The van der Waals surface area contributed by atoms with Crippen LogP contribution in [-0.4, -0.2) is 35.9 Å². The van der Waals surface area contributed by atoms with E-state index in [1.54, 1.807) is 19.1 Å². The molecule has 2 aliphatic rings. The SMILES string of the molecule is C[C@H](Oc1ccc2c(c1)CCCC2)C(=O)Nc1ccccc1C(=O)N1CCCC1. The van der Waals surface area contributed by atoms with Gasteiger partial charge in [-0.2, -0.15) is 0 Å². The minimum atomic E-state index is -0.661. The van der Waals surface area contributed by atoms with E-state index in [4.69, 9.17) is 4.74 Å². The van der Waals surface area contributed by atoms with Crippen LogP contribution in [0.25, 0.3) is 0 Å². The van der Waals surface area contributed by atoms with Crippen LogP contribution in [0.3, 0.4) is 0 Å². The molecule has 5 nitrogen and oxygen atoms in total. The van der Waals surface area contributed by atoms with Gasteiger partial charge < -0.3 is 15.0 Å². The number of carbonyl (C=O) groups is 2. The number of hydrogen-bond donors (Lipinski definition) is 1. The normalized spacial score (nSPS) is 16.8. The Bertz CT molecular complexity index is 903. The maximum atomic E-state index is 12.8. The average Bonchev–Trinajstić information content (AvgIpc) is 3.28. The maximum Gasteiger partial charge on any atom is 0.265 e. The van der Waals surface area contributed by atoms with E-state index >= 15 is 0 Å². The standard InChI is InChI=1S/C24H28N2O3/c1-17(29-20-13-12-18-8-2-3-9-19(18)16-20)23(27)25-22-11-5-4-10-21(22)24(28)26-14-6-7-15-26/h4-5,10-13,16-17H,2-3,6-9,14-15H2,1H3,(H,25,27)/t17-/m0/s1. The zero-order valence-electron chi connectivity index (χ0n) is 16.9. The minimum absolute atomic E-state index is 0.0262. The molecule has 0 saturated carbocycles. The highest BCUT2D eigenvalue weighted by Crippen LogP contribution is 2.26. The molecule has 0 unspecified atom stereocenters. The topological polar surface area (TPSA) is 58.6 Å². The lowest BCUT2D eigenvalue weighted by molar-refractivity contribution is -0.122. The minimum Gasteiger partial charge on any atom is -0.481 e. The molecule has 1 atom stereocenters. The van der Waals surface area contributed by atoms with Crippen LogP contribution in [0.15, 0.2) is 42.5 Å². The smallest absolute Gasteiger partial charge is 0.265 e. The summed E-state index contributed by atoms with van der Waals surface area (Å²) < 4.78 is 5.91. The van der Waals surface area contributed by atoms with Crippen LogP contribution in [-0.2, 0) is 17.6 Å². The van der Waals surface area contributed by atoms with Gasteiger partial charge >= 0.3 is 0 Å². The summed E-state index contributed by atoms with van der Waals surface area (Å²) in [6, 6.07) is 13.3. The van der Waals surface area contributed by atoms with Crippen LogP contribution in [0, 0.1) is 0 Å². The number of fused-ring (bicyclic) bond motifs is 1. The average molecular weight is 392 g/mol. The number of likely N-dealkylation sites (tertiary alicyclic amines) is 1. The van der Waals surface area contributed by atoms with Gasteiger partial charge in [0.05, 0.1) is 11.3 Å². The molecule has 29 heavy (non-hydrogen) atoms. The largest absolute Gasteiger partial charge is 0.481 e. The van der Waals surface area contributed by atoms with Crippen molar-refractivity contribution in [1.82, 2.24) is 4.90 Å². The summed E-state index contributed by atoms with van der Waals surface area (Å²) >= 11 is 0. The van der Waals surface area contributed by atoms with Crippen LogP contribution >= 0.6 is 0 Å². The first-order valence-electron chi connectivity index (χ1n) is 10.6. The van der Waals surface area contributed by atoms with Crippen molar-refractivity contribution in [1.29, 1.82) is 0 Å². The third kappa shape index (κ3) is 4.44. The summed E-state index contributed by atoms with van der Waals surface area (Å²) in [5.74, 6) is 0.431. The number of ether oxygens (including phenoxy) is 1. The van der Waals surface area contributed by atoms with Crippen molar-refractivity contribution < 1.29 is 14.3 Å². The van der Waals surface area contributed by atoms with Crippen molar-refractivity contribution in [3.63, 3.8) is 0 Å². The molecule has 1 saturated heterocycles. The number of rotatable bonds is 5. The highest BCUT2D eigenvalue weighted by molar-refractivity contribution is 6.04. The molecule has 0 bridgehead atoms. The fourth-order valence-corrected chi connectivity index (χ4v) is 4.14. The highest BCUT2D eigenvalue weighted by atomic mass is 16.5. The molecular weight excluding hydrogens is 364 g/mol. The third-order valence-electron chi connectivity index (χ3n) is 5.81. The van der Waals surface area contributed by atoms with Gasteiger partial charge in [-0.3, -0.25) is 9.59 Å². The highest BCUT2D eigenvalue weighted by Gasteiger charge is 2.23. The number of amides is 2. The number of carbonyl (C=O) groups excluding carboxylic acids is 2. The number of nitrogens with zero attached hydrogens (tertiary/aromatic N) is 1. The molecule has 1 aliphatic carbocycles. The predicted octanol–water partition coefficient (Wildman–Crippen LogP) is 4.21. The number of nitrogens with one attached hydrogen (secondary N) is 1. The second kappa shape index (κ2) is 8.68. The van der Waals surface area contributed by atoms with Gasteiger partial charge in [0, 0.05) is 13.1 Å². The molecule has 0 aromatic heterocycles. The Morgan fingerprint density at radius 3 is 2.48 bits per heavy atom. The summed E-state index contributed by atoms with van der Waals surface area (Å²) in [6.45, 7) is 3.29. The van der Waals surface area contributed by atoms with Gasteiger partial charge in [0.25, 0.3) is 11.8 Å². The van der Waals surface area contributed by atoms with Gasteiger partial charge in [0.1, 0.15) is 5.75 Å².